The first-order chi connectivity index (χ1) is 13.0. The smallest absolute Gasteiger partial charge is 0.249 e. The van der Waals surface area contributed by atoms with E-state index in [0.29, 0.717) is 45.9 Å². The van der Waals surface area contributed by atoms with Gasteiger partial charge in [0, 0.05) is 59.5 Å². The molecule has 154 valence electrons. The van der Waals surface area contributed by atoms with Gasteiger partial charge in [0.2, 0.25) is 11.8 Å². The van der Waals surface area contributed by atoms with Gasteiger partial charge >= 0.3 is 0 Å². The van der Waals surface area contributed by atoms with Gasteiger partial charge in [0.25, 0.3) is 0 Å². The van der Waals surface area contributed by atoms with E-state index in [-0.39, 0.29) is 25.0 Å². The van der Waals surface area contributed by atoms with Gasteiger partial charge in [0.05, 0.1) is 19.7 Å². The zero-order chi connectivity index (χ0) is 20.1. The molecule has 0 radical (unpaired) electrons. The van der Waals surface area contributed by atoms with Crippen molar-refractivity contribution >= 4 is 11.8 Å². The number of rotatable bonds is 14. The molecule has 0 fully saturated rings. The Morgan fingerprint density at radius 3 is 2.44 bits per heavy atom. The van der Waals surface area contributed by atoms with Crippen LogP contribution in [0, 0.1) is 0 Å². The van der Waals surface area contributed by atoms with Gasteiger partial charge in [-0.25, -0.2) is 0 Å². The molecule has 0 aliphatic carbocycles. The molecule has 0 saturated heterocycles. The third kappa shape index (κ3) is 8.55. The Labute approximate surface area is 162 Å². The van der Waals surface area contributed by atoms with Crippen molar-refractivity contribution in [2.45, 2.75) is 19.9 Å². The number of methoxy groups -OCH3 is 2. The molecule has 0 unspecified atom stereocenters. The van der Waals surface area contributed by atoms with Crippen molar-refractivity contribution in [2.75, 3.05) is 60.3 Å². The topological polar surface area (TPSA) is 73.2 Å². The monoisotopic (exact) mass is 383 g/mol. The van der Waals surface area contributed by atoms with Gasteiger partial charge in [-0.05, 0) is 25.5 Å². The number of hydrogen-bond acceptors (Lipinski definition) is 5. The maximum Gasteiger partial charge on any atom is 0.249 e. The molecule has 2 amide bonds. The molecule has 0 atom stereocenters. The number of carbonyl (C=O) groups excluding carboxylic acids is 2. The molecule has 0 N–H and O–H groups in total. The van der Waals surface area contributed by atoms with E-state index in [1.807, 2.05) is 36.9 Å². The average molecular weight is 383 g/mol. The highest BCUT2D eigenvalue weighted by molar-refractivity contribution is 5.85. The van der Waals surface area contributed by atoms with Crippen LogP contribution in [0.2, 0.25) is 0 Å². The van der Waals surface area contributed by atoms with Gasteiger partial charge in [-0.3, -0.25) is 9.59 Å². The summed E-state index contributed by atoms with van der Waals surface area (Å²) < 4.78 is 17.4. The van der Waals surface area contributed by atoms with Crippen molar-refractivity contribution in [1.29, 1.82) is 0 Å². The number of aromatic nitrogens is 1. The predicted molar refractivity (Wildman–Crippen MR) is 102 cm³/mol. The van der Waals surface area contributed by atoms with Crippen molar-refractivity contribution in [3.05, 3.63) is 24.0 Å². The third-order valence-electron chi connectivity index (χ3n) is 4.19. The van der Waals surface area contributed by atoms with Crippen LogP contribution in [0.5, 0.6) is 0 Å². The average Bonchev–Trinajstić information content (AvgIpc) is 3.05. The summed E-state index contributed by atoms with van der Waals surface area (Å²) in [6.45, 7) is 4.91. The summed E-state index contributed by atoms with van der Waals surface area (Å²) in [6.07, 6.45) is 2.61. The van der Waals surface area contributed by atoms with E-state index in [2.05, 4.69) is 0 Å². The first kappa shape index (κ1) is 23.1. The molecule has 0 aliphatic rings. The highest BCUT2D eigenvalue weighted by atomic mass is 16.5. The van der Waals surface area contributed by atoms with Gasteiger partial charge in [-0.2, -0.15) is 0 Å². The summed E-state index contributed by atoms with van der Waals surface area (Å²) in [5, 5.41) is 0. The molecule has 0 saturated carbocycles. The Bertz CT molecular complexity index is 561. The minimum absolute atomic E-state index is 0.0163. The molecule has 8 heteroatoms. The summed E-state index contributed by atoms with van der Waals surface area (Å²) in [7, 11) is 5.02. The van der Waals surface area contributed by atoms with Crippen LogP contribution in [-0.2, 0) is 37.4 Å². The van der Waals surface area contributed by atoms with Gasteiger partial charge < -0.3 is 28.6 Å². The zero-order valence-electron chi connectivity index (χ0n) is 17.0. The molecule has 1 aromatic rings. The van der Waals surface area contributed by atoms with Crippen LogP contribution in [0.25, 0.3) is 0 Å². The molecule has 1 rings (SSSR count). The molecule has 0 aliphatic heterocycles. The lowest BCUT2D eigenvalue weighted by atomic mass is 10.3. The SMILES string of the molecule is CCOCCCN(CC(=O)N(CCOC)Cc1cccn1C)C(=O)COC. The number of amides is 2. The lowest BCUT2D eigenvalue weighted by molar-refractivity contribution is -0.143. The van der Waals surface area contributed by atoms with Gasteiger partial charge in [-0.1, -0.05) is 0 Å². The van der Waals surface area contributed by atoms with Crippen LogP contribution >= 0.6 is 0 Å². The normalized spacial score (nSPS) is 10.8. The maximum atomic E-state index is 12.9. The van der Waals surface area contributed by atoms with Crippen LogP contribution in [0.4, 0.5) is 0 Å². The van der Waals surface area contributed by atoms with Gasteiger partial charge in [0.1, 0.15) is 6.61 Å². The summed E-state index contributed by atoms with van der Waals surface area (Å²) in [5.74, 6) is -0.318. The Morgan fingerprint density at radius 1 is 1.07 bits per heavy atom. The van der Waals surface area contributed by atoms with Crippen LogP contribution in [-0.4, -0.2) is 86.5 Å². The van der Waals surface area contributed by atoms with Gasteiger partial charge in [-0.15, -0.1) is 0 Å². The second-order valence-electron chi connectivity index (χ2n) is 6.22. The number of ether oxygens (including phenoxy) is 3. The lowest BCUT2D eigenvalue weighted by Gasteiger charge is -2.27. The molecule has 8 nitrogen and oxygen atoms in total. The molecule has 1 heterocycles. The summed E-state index contributed by atoms with van der Waals surface area (Å²) in [6, 6.07) is 3.92. The van der Waals surface area contributed by atoms with E-state index >= 15 is 0 Å². The first-order valence-corrected chi connectivity index (χ1v) is 9.24. The predicted octanol–water partition coefficient (Wildman–Crippen LogP) is 0.902. The Hall–Kier alpha value is -1.90. The van der Waals surface area contributed by atoms with Crippen LogP contribution in [0.3, 0.4) is 0 Å². The Balaban J connectivity index is 2.75. The molecule has 0 spiro atoms. The Morgan fingerprint density at radius 2 is 1.85 bits per heavy atom. The van der Waals surface area contributed by atoms with E-state index in [4.69, 9.17) is 14.2 Å². The number of aryl methyl sites for hydroxylation is 1. The fraction of sp³-hybridized carbons (Fsp3) is 0.684. The number of nitrogens with zero attached hydrogens (tertiary/aromatic N) is 3. The van der Waals surface area contributed by atoms with Gasteiger partial charge in [0.15, 0.2) is 0 Å². The lowest BCUT2D eigenvalue weighted by Crippen LogP contribution is -2.45. The van der Waals surface area contributed by atoms with Crippen LogP contribution in [0.15, 0.2) is 18.3 Å². The summed E-state index contributed by atoms with van der Waals surface area (Å²) in [4.78, 5) is 28.5. The fourth-order valence-corrected chi connectivity index (χ4v) is 2.62. The highest BCUT2D eigenvalue weighted by Crippen LogP contribution is 2.07. The maximum absolute atomic E-state index is 12.9. The first-order valence-electron chi connectivity index (χ1n) is 9.24. The largest absolute Gasteiger partial charge is 0.383 e. The third-order valence-corrected chi connectivity index (χ3v) is 4.19. The molecular formula is C19H33N3O5. The minimum Gasteiger partial charge on any atom is -0.383 e. The molecule has 1 aromatic heterocycles. The molecular weight excluding hydrogens is 350 g/mol. The van der Waals surface area contributed by atoms with E-state index in [9.17, 15) is 9.59 Å². The number of carbonyl (C=O) groups is 2. The summed E-state index contributed by atoms with van der Waals surface area (Å²) >= 11 is 0. The second kappa shape index (κ2) is 13.3. The van der Waals surface area contributed by atoms with Crippen molar-refractivity contribution in [2.24, 2.45) is 7.05 Å². The van der Waals surface area contributed by atoms with Crippen molar-refractivity contribution in [3.63, 3.8) is 0 Å². The molecule has 27 heavy (non-hydrogen) atoms. The zero-order valence-corrected chi connectivity index (χ0v) is 17.0. The van der Waals surface area contributed by atoms with Crippen LogP contribution in [0.1, 0.15) is 19.0 Å². The quantitative estimate of drug-likeness (QED) is 0.446. The number of hydrogen-bond donors (Lipinski definition) is 0. The Kier molecular flexibility index (Phi) is 11.4. The van der Waals surface area contributed by atoms with E-state index in [1.54, 1.807) is 12.0 Å². The minimum atomic E-state index is -0.201. The molecule has 0 aromatic carbocycles. The van der Waals surface area contributed by atoms with E-state index in [1.165, 1.54) is 12.0 Å². The van der Waals surface area contributed by atoms with E-state index in [0.717, 1.165) is 5.69 Å². The second-order valence-corrected chi connectivity index (χ2v) is 6.22. The van der Waals surface area contributed by atoms with Crippen LogP contribution < -0.4 is 0 Å². The standard InChI is InChI=1S/C19H33N3O5/c1-5-27-12-7-10-21(19(24)16-26-4)15-18(23)22(11-13-25-3)14-17-8-6-9-20(17)2/h6,8-9H,5,7,10-16H2,1-4H3. The van der Waals surface area contributed by atoms with Crippen molar-refractivity contribution < 1.29 is 23.8 Å². The highest BCUT2D eigenvalue weighted by Gasteiger charge is 2.21. The summed E-state index contributed by atoms with van der Waals surface area (Å²) in [5.41, 5.74) is 1.02. The molecule has 0 bridgehead atoms. The van der Waals surface area contributed by atoms with E-state index < -0.39 is 0 Å². The van der Waals surface area contributed by atoms with Crippen molar-refractivity contribution in [1.82, 2.24) is 14.4 Å². The fourth-order valence-electron chi connectivity index (χ4n) is 2.62. The van der Waals surface area contributed by atoms with Crippen molar-refractivity contribution in [3.8, 4) is 0 Å².